The number of carbonyl (C=O) groups excluding carboxylic acids is 2. The molecule has 2 rings (SSSR count). The largest absolute Gasteiger partial charge is 0.370 e. The maximum absolute atomic E-state index is 12.0. The minimum atomic E-state index is -0.140. The van der Waals surface area contributed by atoms with Gasteiger partial charge in [0.15, 0.2) is 0 Å². The molecule has 0 saturated heterocycles. The van der Waals surface area contributed by atoms with Gasteiger partial charge >= 0.3 is 0 Å². The van der Waals surface area contributed by atoms with Crippen LogP contribution in [0.3, 0.4) is 0 Å². The molecule has 0 bridgehead atoms. The van der Waals surface area contributed by atoms with Crippen LogP contribution in [0.2, 0.25) is 0 Å². The molecule has 1 aromatic heterocycles. The summed E-state index contributed by atoms with van der Waals surface area (Å²) >= 11 is 0. The standard InChI is InChI=1S/C15H22N4O2/c1-2-16-13-10-11(7-9-17-13)15(21)18-8-3-4-14(20)19-12-5-6-12/h7,9-10,12H,2-6,8H2,1H3,(H,16,17)(H,18,21)(H,19,20). The fourth-order valence-electron chi connectivity index (χ4n) is 1.93. The monoisotopic (exact) mass is 290 g/mol. The SMILES string of the molecule is CCNc1cc(C(=O)NCCCC(=O)NC2CC2)ccn1. The molecule has 1 saturated carbocycles. The second kappa shape index (κ2) is 7.61. The summed E-state index contributed by atoms with van der Waals surface area (Å²) in [5.74, 6) is 0.623. The number of anilines is 1. The Labute approximate surface area is 124 Å². The Kier molecular flexibility index (Phi) is 5.54. The Bertz CT molecular complexity index is 500. The molecule has 21 heavy (non-hydrogen) atoms. The predicted octanol–water partition coefficient (Wildman–Crippen LogP) is 1.30. The Hall–Kier alpha value is -2.11. The number of carbonyl (C=O) groups is 2. The highest BCUT2D eigenvalue weighted by molar-refractivity contribution is 5.94. The van der Waals surface area contributed by atoms with E-state index in [1.807, 2.05) is 6.92 Å². The van der Waals surface area contributed by atoms with Crippen LogP contribution in [0.25, 0.3) is 0 Å². The molecular weight excluding hydrogens is 268 g/mol. The molecule has 0 aliphatic heterocycles. The number of nitrogens with zero attached hydrogens (tertiary/aromatic N) is 1. The van der Waals surface area contributed by atoms with Gasteiger partial charge in [0, 0.05) is 37.3 Å². The van der Waals surface area contributed by atoms with Crippen LogP contribution in [0.1, 0.15) is 43.0 Å². The lowest BCUT2D eigenvalue weighted by Gasteiger charge is -2.07. The van der Waals surface area contributed by atoms with Crippen LogP contribution in [0.5, 0.6) is 0 Å². The van der Waals surface area contributed by atoms with Crippen LogP contribution in [0, 0.1) is 0 Å². The van der Waals surface area contributed by atoms with Crippen molar-refractivity contribution >= 4 is 17.6 Å². The van der Waals surface area contributed by atoms with Crippen molar-refractivity contribution in [1.29, 1.82) is 0 Å². The van der Waals surface area contributed by atoms with E-state index in [0.717, 1.165) is 19.4 Å². The summed E-state index contributed by atoms with van der Waals surface area (Å²) in [6, 6.07) is 3.79. The highest BCUT2D eigenvalue weighted by atomic mass is 16.2. The van der Waals surface area contributed by atoms with E-state index in [0.29, 0.717) is 36.8 Å². The van der Waals surface area contributed by atoms with E-state index < -0.39 is 0 Å². The quantitative estimate of drug-likeness (QED) is 0.630. The zero-order valence-corrected chi connectivity index (χ0v) is 12.3. The fraction of sp³-hybridized carbons (Fsp3) is 0.533. The lowest BCUT2D eigenvalue weighted by molar-refractivity contribution is -0.121. The van der Waals surface area contributed by atoms with Crippen molar-refractivity contribution in [2.75, 3.05) is 18.4 Å². The van der Waals surface area contributed by atoms with Gasteiger partial charge in [0.25, 0.3) is 5.91 Å². The van der Waals surface area contributed by atoms with Crippen molar-refractivity contribution in [1.82, 2.24) is 15.6 Å². The highest BCUT2D eigenvalue weighted by Crippen LogP contribution is 2.18. The van der Waals surface area contributed by atoms with Gasteiger partial charge in [-0.2, -0.15) is 0 Å². The van der Waals surface area contributed by atoms with Crippen molar-refractivity contribution in [2.45, 2.75) is 38.6 Å². The Morgan fingerprint density at radius 2 is 2.19 bits per heavy atom. The maximum Gasteiger partial charge on any atom is 0.251 e. The first-order valence-electron chi connectivity index (χ1n) is 7.46. The van der Waals surface area contributed by atoms with Gasteiger partial charge in [0.05, 0.1) is 0 Å². The van der Waals surface area contributed by atoms with Crippen LogP contribution >= 0.6 is 0 Å². The van der Waals surface area contributed by atoms with Crippen molar-refractivity contribution in [3.8, 4) is 0 Å². The number of hydrogen-bond acceptors (Lipinski definition) is 4. The van der Waals surface area contributed by atoms with Gasteiger partial charge in [0.2, 0.25) is 5.91 Å². The lowest BCUT2D eigenvalue weighted by atomic mass is 10.2. The Balaban J connectivity index is 1.68. The van der Waals surface area contributed by atoms with Crippen molar-refractivity contribution in [3.05, 3.63) is 23.9 Å². The summed E-state index contributed by atoms with van der Waals surface area (Å²) < 4.78 is 0. The minimum absolute atomic E-state index is 0.0742. The van der Waals surface area contributed by atoms with Gasteiger partial charge in [-0.1, -0.05) is 0 Å². The van der Waals surface area contributed by atoms with Crippen LogP contribution in [0.15, 0.2) is 18.3 Å². The fourth-order valence-corrected chi connectivity index (χ4v) is 1.93. The second-order valence-electron chi connectivity index (χ2n) is 5.16. The molecule has 1 aromatic rings. The van der Waals surface area contributed by atoms with Crippen molar-refractivity contribution in [3.63, 3.8) is 0 Å². The minimum Gasteiger partial charge on any atom is -0.370 e. The molecule has 6 nitrogen and oxygen atoms in total. The third kappa shape index (κ3) is 5.41. The van der Waals surface area contributed by atoms with E-state index in [2.05, 4.69) is 20.9 Å². The van der Waals surface area contributed by atoms with Gasteiger partial charge in [0.1, 0.15) is 5.82 Å². The number of nitrogens with one attached hydrogen (secondary N) is 3. The van der Waals surface area contributed by atoms with Gasteiger partial charge in [-0.15, -0.1) is 0 Å². The Morgan fingerprint density at radius 3 is 2.90 bits per heavy atom. The summed E-state index contributed by atoms with van der Waals surface area (Å²) in [7, 11) is 0. The summed E-state index contributed by atoms with van der Waals surface area (Å²) in [5, 5.41) is 8.81. The molecule has 0 radical (unpaired) electrons. The van der Waals surface area contributed by atoms with E-state index in [-0.39, 0.29) is 11.8 Å². The molecule has 6 heteroatoms. The van der Waals surface area contributed by atoms with Gasteiger partial charge < -0.3 is 16.0 Å². The Morgan fingerprint density at radius 1 is 1.38 bits per heavy atom. The number of rotatable bonds is 8. The number of hydrogen-bond donors (Lipinski definition) is 3. The zero-order valence-electron chi connectivity index (χ0n) is 12.3. The number of aromatic nitrogens is 1. The lowest BCUT2D eigenvalue weighted by Crippen LogP contribution is -2.28. The molecular formula is C15H22N4O2. The van der Waals surface area contributed by atoms with E-state index in [9.17, 15) is 9.59 Å². The first-order valence-corrected chi connectivity index (χ1v) is 7.46. The molecule has 0 atom stereocenters. The summed E-state index contributed by atoms with van der Waals surface area (Å²) in [5.41, 5.74) is 0.573. The summed E-state index contributed by atoms with van der Waals surface area (Å²) in [4.78, 5) is 27.6. The first-order chi connectivity index (χ1) is 10.2. The smallest absolute Gasteiger partial charge is 0.251 e. The van der Waals surface area contributed by atoms with Gasteiger partial charge in [-0.25, -0.2) is 4.98 Å². The van der Waals surface area contributed by atoms with Gasteiger partial charge in [-0.05, 0) is 38.3 Å². The second-order valence-corrected chi connectivity index (χ2v) is 5.16. The zero-order chi connectivity index (χ0) is 15.1. The maximum atomic E-state index is 12.0. The number of amides is 2. The van der Waals surface area contributed by atoms with Crippen LogP contribution in [-0.2, 0) is 4.79 Å². The van der Waals surface area contributed by atoms with Crippen LogP contribution < -0.4 is 16.0 Å². The molecule has 114 valence electrons. The summed E-state index contributed by atoms with van der Waals surface area (Å²) in [6.45, 7) is 3.23. The van der Waals surface area contributed by atoms with E-state index in [1.54, 1.807) is 18.3 Å². The summed E-state index contributed by atoms with van der Waals surface area (Å²) in [6.07, 6.45) is 4.90. The normalized spacial score (nSPS) is 13.6. The molecule has 0 unspecified atom stereocenters. The van der Waals surface area contributed by atoms with E-state index in [4.69, 9.17) is 0 Å². The number of pyridine rings is 1. The van der Waals surface area contributed by atoms with E-state index in [1.165, 1.54) is 0 Å². The van der Waals surface area contributed by atoms with Crippen LogP contribution in [-0.4, -0.2) is 35.9 Å². The average Bonchev–Trinajstić information content (AvgIpc) is 3.28. The third-order valence-corrected chi connectivity index (χ3v) is 3.19. The molecule has 3 N–H and O–H groups in total. The topological polar surface area (TPSA) is 83.1 Å². The van der Waals surface area contributed by atoms with Crippen LogP contribution in [0.4, 0.5) is 5.82 Å². The molecule has 2 amide bonds. The molecule has 1 aliphatic rings. The van der Waals surface area contributed by atoms with Gasteiger partial charge in [-0.3, -0.25) is 9.59 Å². The molecule has 1 aliphatic carbocycles. The molecule has 0 aromatic carbocycles. The van der Waals surface area contributed by atoms with Crippen molar-refractivity contribution in [2.24, 2.45) is 0 Å². The third-order valence-electron chi connectivity index (χ3n) is 3.19. The highest BCUT2D eigenvalue weighted by Gasteiger charge is 2.22. The van der Waals surface area contributed by atoms with Crippen molar-refractivity contribution < 1.29 is 9.59 Å². The first kappa shape index (κ1) is 15.3. The molecule has 1 heterocycles. The average molecular weight is 290 g/mol. The van der Waals surface area contributed by atoms with E-state index >= 15 is 0 Å². The molecule has 0 spiro atoms. The predicted molar refractivity (Wildman–Crippen MR) is 81.1 cm³/mol. The molecule has 1 fully saturated rings.